The molecule has 1 atom stereocenters. The van der Waals surface area contributed by atoms with Crippen molar-refractivity contribution in [1.82, 2.24) is 9.80 Å². The Kier molecular flexibility index (Phi) is 5.83. The number of hydrogen-bond acceptors (Lipinski definition) is 5. The van der Waals surface area contributed by atoms with Gasteiger partial charge in [-0.2, -0.15) is 0 Å². The van der Waals surface area contributed by atoms with Crippen molar-refractivity contribution in [3.05, 3.63) is 47.9 Å². The van der Waals surface area contributed by atoms with Gasteiger partial charge in [-0.05, 0) is 49.7 Å². The summed E-state index contributed by atoms with van der Waals surface area (Å²) in [5.41, 5.74) is 1.07. The second kappa shape index (κ2) is 8.27. The molecule has 1 aliphatic heterocycles. The number of likely N-dealkylation sites (N-methyl/N-ethyl adjacent to an activating group) is 1. The molecule has 0 saturated carbocycles. The number of rotatable bonds is 7. The molecule has 1 aromatic carbocycles. The van der Waals surface area contributed by atoms with Gasteiger partial charge in [0.2, 0.25) is 5.91 Å². The SMILES string of the molecule is COc1ccc(OC)c(C2CCCN2CC(=O)N(C)Cc2ccco2)c1. The number of furan rings is 1. The van der Waals surface area contributed by atoms with E-state index in [4.69, 9.17) is 13.9 Å². The Bertz CT molecular complexity index is 729. The summed E-state index contributed by atoms with van der Waals surface area (Å²) in [7, 11) is 5.14. The van der Waals surface area contributed by atoms with Gasteiger partial charge in [0.1, 0.15) is 17.3 Å². The molecule has 0 spiro atoms. The van der Waals surface area contributed by atoms with E-state index in [0.717, 1.165) is 42.2 Å². The molecular formula is C20H26N2O4. The molecule has 3 rings (SSSR count). The molecule has 6 nitrogen and oxygen atoms in total. The van der Waals surface area contributed by atoms with E-state index in [-0.39, 0.29) is 11.9 Å². The van der Waals surface area contributed by atoms with Crippen LogP contribution in [0.4, 0.5) is 0 Å². The van der Waals surface area contributed by atoms with Gasteiger partial charge in [0.05, 0.1) is 33.6 Å². The highest BCUT2D eigenvalue weighted by Crippen LogP contribution is 2.38. The third kappa shape index (κ3) is 4.02. The van der Waals surface area contributed by atoms with E-state index in [9.17, 15) is 4.79 Å². The molecular weight excluding hydrogens is 332 g/mol. The van der Waals surface area contributed by atoms with Crippen molar-refractivity contribution in [2.75, 3.05) is 34.4 Å². The van der Waals surface area contributed by atoms with Crippen LogP contribution in [0.1, 0.15) is 30.2 Å². The molecule has 1 fully saturated rings. The van der Waals surface area contributed by atoms with Crippen molar-refractivity contribution in [3.8, 4) is 11.5 Å². The Hall–Kier alpha value is -2.47. The van der Waals surface area contributed by atoms with Gasteiger partial charge in [-0.1, -0.05) is 0 Å². The van der Waals surface area contributed by atoms with Gasteiger partial charge in [0.25, 0.3) is 0 Å². The van der Waals surface area contributed by atoms with Crippen molar-refractivity contribution < 1.29 is 18.7 Å². The molecule has 0 bridgehead atoms. The van der Waals surface area contributed by atoms with Gasteiger partial charge in [0.15, 0.2) is 0 Å². The first-order valence-electron chi connectivity index (χ1n) is 8.84. The van der Waals surface area contributed by atoms with E-state index >= 15 is 0 Å². The number of hydrogen-bond donors (Lipinski definition) is 0. The zero-order chi connectivity index (χ0) is 18.5. The third-order valence-corrected chi connectivity index (χ3v) is 4.90. The van der Waals surface area contributed by atoms with Crippen LogP contribution in [0.5, 0.6) is 11.5 Å². The minimum atomic E-state index is 0.0789. The molecule has 1 aliphatic rings. The number of amides is 1. The standard InChI is InChI=1S/C20H26N2O4/c1-21(13-16-6-5-11-26-16)20(23)14-22-10-4-7-18(22)17-12-15(24-2)8-9-19(17)25-3/h5-6,8-9,11-12,18H,4,7,10,13-14H2,1-3H3. The van der Waals surface area contributed by atoms with Crippen molar-refractivity contribution >= 4 is 5.91 Å². The summed E-state index contributed by atoms with van der Waals surface area (Å²) < 4.78 is 16.2. The lowest BCUT2D eigenvalue weighted by Gasteiger charge is -2.27. The number of carbonyl (C=O) groups excluding carboxylic acids is 1. The number of ether oxygens (including phenoxy) is 2. The topological polar surface area (TPSA) is 55.2 Å². The van der Waals surface area contributed by atoms with Crippen molar-refractivity contribution in [1.29, 1.82) is 0 Å². The molecule has 0 N–H and O–H groups in total. The predicted octanol–water partition coefficient (Wildman–Crippen LogP) is 3.09. The van der Waals surface area contributed by atoms with Crippen molar-refractivity contribution in [2.24, 2.45) is 0 Å². The van der Waals surface area contributed by atoms with Gasteiger partial charge >= 0.3 is 0 Å². The summed E-state index contributed by atoms with van der Waals surface area (Å²) in [5, 5.41) is 0. The molecule has 0 aliphatic carbocycles. The molecule has 6 heteroatoms. The van der Waals surface area contributed by atoms with E-state index < -0.39 is 0 Å². The van der Waals surface area contributed by atoms with Crippen molar-refractivity contribution in [3.63, 3.8) is 0 Å². The Labute approximate surface area is 154 Å². The number of carbonyl (C=O) groups is 1. The number of nitrogens with zero attached hydrogens (tertiary/aromatic N) is 2. The molecule has 1 amide bonds. The Balaban J connectivity index is 1.71. The average molecular weight is 358 g/mol. The minimum absolute atomic E-state index is 0.0789. The smallest absolute Gasteiger partial charge is 0.236 e. The van der Waals surface area contributed by atoms with Crippen LogP contribution in [0.3, 0.4) is 0 Å². The maximum atomic E-state index is 12.7. The molecule has 1 saturated heterocycles. The van der Waals surface area contributed by atoms with Crippen LogP contribution in [0.15, 0.2) is 41.0 Å². The lowest BCUT2D eigenvalue weighted by atomic mass is 10.0. The van der Waals surface area contributed by atoms with Crippen LogP contribution in [0.25, 0.3) is 0 Å². The average Bonchev–Trinajstić information content (AvgIpc) is 3.33. The van der Waals surface area contributed by atoms with Gasteiger partial charge < -0.3 is 18.8 Å². The molecule has 140 valence electrons. The first-order chi connectivity index (χ1) is 12.6. The summed E-state index contributed by atoms with van der Waals surface area (Å²) in [6.07, 6.45) is 3.68. The van der Waals surface area contributed by atoms with E-state index in [2.05, 4.69) is 4.90 Å². The molecule has 26 heavy (non-hydrogen) atoms. The van der Waals surface area contributed by atoms with E-state index in [1.165, 1.54) is 0 Å². The summed E-state index contributed by atoms with van der Waals surface area (Å²) in [6, 6.07) is 9.70. The fraction of sp³-hybridized carbons (Fsp3) is 0.450. The molecule has 1 unspecified atom stereocenters. The second-order valence-corrected chi connectivity index (χ2v) is 6.57. The number of methoxy groups -OCH3 is 2. The lowest BCUT2D eigenvalue weighted by molar-refractivity contribution is -0.132. The van der Waals surface area contributed by atoms with Gasteiger partial charge in [-0.25, -0.2) is 0 Å². The molecule has 2 aromatic rings. The zero-order valence-electron chi connectivity index (χ0n) is 15.6. The second-order valence-electron chi connectivity index (χ2n) is 6.57. The fourth-order valence-corrected chi connectivity index (χ4v) is 3.49. The summed E-state index contributed by atoms with van der Waals surface area (Å²) in [4.78, 5) is 16.6. The maximum absolute atomic E-state index is 12.7. The van der Waals surface area contributed by atoms with Gasteiger partial charge in [0, 0.05) is 18.7 Å². The third-order valence-electron chi connectivity index (χ3n) is 4.90. The van der Waals surface area contributed by atoms with E-state index in [0.29, 0.717) is 13.1 Å². The summed E-state index contributed by atoms with van der Waals surface area (Å²) in [5.74, 6) is 2.50. The van der Waals surface area contributed by atoms with Crippen LogP contribution < -0.4 is 9.47 Å². The Morgan fingerprint density at radius 1 is 1.31 bits per heavy atom. The van der Waals surface area contributed by atoms with Gasteiger partial charge in [-0.15, -0.1) is 0 Å². The highest BCUT2D eigenvalue weighted by atomic mass is 16.5. The Morgan fingerprint density at radius 2 is 2.15 bits per heavy atom. The van der Waals surface area contributed by atoms with Crippen molar-refractivity contribution in [2.45, 2.75) is 25.4 Å². The molecule has 1 aromatic heterocycles. The highest BCUT2D eigenvalue weighted by Gasteiger charge is 2.30. The normalized spacial score (nSPS) is 17.3. The lowest BCUT2D eigenvalue weighted by Crippen LogP contribution is -2.37. The van der Waals surface area contributed by atoms with Gasteiger partial charge in [-0.3, -0.25) is 9.69 Å². The predicted molar refractivity (Wildman–Crippen MR) is 98.3 cm³/mol. The summed E-state index contributed by atoms with van der Waals surface area (Å²) >= 11 is 0. The van der Waals surface area contributed by atoms with Crippen LogP contribution in [-0.4, -0.2) is 50.1 Å². The van der Waals surface area contributed by atoms with Crippen LogP contribution in [0, 0.1) is 0 Å². The monoisotopic (exact) mass is 358 g/mol. The summed E-state index contributed by atoms with van der Waals surface area (Å²) in [6.45, 7) is 1.75. The number of likely N-dealkylation sites (tertiary alicyclic amines) is 1. The van der Waals surface area contributed by atoms with Crippen LogP contribution >= 0.6 is 0 Å². The fourth-order valence-electron chi connectivity index (χ4n) is 3.49. The first kappa shape index (κ1) is 18.3. The zero-order valence-corrected chi connectivity index (χ0v) is 15.6. The molecule has 0 radical (unpaired) electrons. The maximum Gasteiger partial charge on any atom is 0.236 e. The Morgan fingerprint density at radius 3 is 2.85 bits per heavy atom. The van der Waals surface area contributed by atoms with E-state index in [1.807, 2.05) is 37.4 Å². The van der Waals surface area contributed by atoms with E-state index in [1.54, 1.807) is 25.4 Å². The highest BCUT2D eigenvalue weighted by molar-refractivity contribution is 5.78. The van der Waals surface area contributed by atoms with Crippen LogP contribution in [0.2, 0.25) is 0 Å². The minimum Gasteiger partial charge on any atom is -0.497 e. The largest absolute Gasteiger partial charge is 0.497 e. The number of benzene rings is 1. The first-order valence-corrected chi connectivity index (χ1v) is 8.84. The quantitative estimate of drug-likeness (QED) is 0.761. The van der Waals surface area contributed by atoms with Crippen LogP contribution in [-0.2, 0) is 11.3 Å². The molecule has 2 heterocycles.